The number of benzene rings is 1. The molecule has 2 aromatic rings. The molecule has 0 spiro atoms. The van der Waals surface area contributed by atoms with Gasteiger partial charge in [-0.3, -0.25) is 4.98 Å². The maximum absolute atomic E-state index is 10.7. The van der Waals surface area contributed by atoms with Gasteiger partial charge in [0.15, 0.2) is 5.69 Å². The van der Waals surface area contributed by atoms with E-state index in [-0.39, 0.29) is 5.69 Å². The molecule has 0 bridgehead atoms. The molecule has 0 aliphatic rings. The van der Waals surface area contributed by atoms with E-state index in [1.165, 1.54) is 6.20 Å². The van der Waals surface area contributed by atoms with E-state index in [0.717, 1.165) is 17.5 Å². The highest BCUT2D eigenvalue weighted by Gasteiger charge is 2.06. The predicted octanol–water partition coefficient (Wildman–Crippen LogP) is 1.89. The van der Waals surface area contributed by atoms with Crippen LogP contribution in [-0.4, -0.2) is 21.0 Å². The molecule has 76 valence electrons. The summed E-state index contributed by atoms with van der Waals surface area (Å²) in [6, 6.07) is 5.69. The van der Waals surface area contributed by atoms with Gasteiger partial charge in [-0.25, -0.2) is 9.78 Å². The second-order valence-electron chi connectivity index (χ2n) is 3.24. The van der Waals surface area contributed by atoms with Gasteiger partial charge in [0.25, 0.3) is 0 Å². The van der Waals surface area contributed by atoms with Crippen molar-refractivity contribution in [3.05, 3.63) is 35.7 Å². The van der Waals surface area contributed by atoms with Gasteiger partial charge in [0.2, 0.25) is 0 Å². The Hall–Kier alpha value is -1.97. The Balaban J connectivity index is 2.62. The van der Waals surface area contributed by atoms with E-state index in [1.807, 2.05) is 25.1 Å². The largest absolute Gasteiger partial charge is 0.476 e. The molecule has 0 atom stereocenters. The highest BCUT2D eigenvalue weighted by molar-refractivity contribution is 5.87. The predicted molar refractivity (Wildman–Crippen MR) is 55.9 cm³/mol. The Morgan fingerprint density at radius 1 is 1.40 bits per heavy atom. The number of hydrogen-bond acceptors (Lipinski definition) is 3. The average molecular weight is 202 g/mol. The van der Waals surface area contributed by atoms with Crippen molar-refractivity contribution in [3.63, 3.8) is 0 Å². The molecule has 0 fully saturated rings. The van der Waals surface area contributed by atoms with Crippen molar-refractivity contribution >= 4 is 17.0 Å². The van der Waals surface area contributed by atoms with Crippen LogP contribution in [0.1, 0.15) is 23.0 Å². The Morgan fingerprint density at radius 3 is 2.87 bits per heavy atom. The van der Waals surface area contributed by atoms with Crippen LogP contribution in [0.4, 0.5) is 0 Å². The van der Waals surface area contributed by atoms with Crippen molar-refractivity contribution in [2.24, 2.45) is 0 Å². The third-order valence-electron chi connectivity index (χ3n) is 2.23. The molecular formula is C11H10N2O2. The standard InChI is InChI=1S/C11H10N2O2/c1-2-7-3-4-8-9(5-7)13-10(6-12-8)11(14)15/h3-6H,2H2,1H3,(H,14,15). The maximum Gasteiger partial charge on any atom is 0.356 e. The minimum Gasteiger partial charge on any atom is -0.476 e. The second kappa shape index (κ2) is 3.65. The first-order valence-corrected chi connectivity index (χ1v) is 4.69. The Kier molecular flexibility index (Phi) is 2.33. The van der Waals surface area contributed by atoms with Crippen molar-refractivity contribution in [2.75, 3.05) is 0 Å². The van der Waals surface area contributed by atoms with Crippen LogP contribution >= 0.6 is 0 Å². The third-order valence-corrected chi connectivity index (χ3v) is 2.23. The molecule has 0 saturated carbocycles. The highest BCUT2D eigenvalue weighted by atomic mass is 16.4. The van der Waals surface area contributed by atoms with Crippen molar-refractivity contribution in [1.29, 1.82) is 0 Å². The molecule has 0 radical (unpaired) electrons. The van der Waals surface area contributed by atoms with Crippen LogP contribution in [0.5, 0.6) is 0 Å². The number of fused-ring (bicyclic) bond motifs is 1. The zero-order valence-electron chi connectivity index (χ0n) is 8.27. The number of carboxylic acid groups (broad SMARTS) is 1. The Bertz CT molecular complexity index is 523. The summed E-state index contributed by atoms with van der Waals surface area (Å²) < 4.78 is 0. The fraction of sp³-hybridized carbons (Fsp3) is 0.182. The number of hydrogen-bond donors (Lipinski definition) is 1. The van der Waals surface area contributed by atoms with E-state index in [4.69, 9.17) is 5.11 Å². The number of carbonyl (C=O) groups is 1. The lowest BCUT2D eigenvalue weighted by Crippen LogP contribution is -2.01. The minimum absolute atomic E-state index is 0.0178. The first-order valence-electron chi connectivity index (χ1n) is 4.69. The van der Waals surface area contributed by atoms with Gasteiger partial charge in [0.1, 0.15) is 0 Å². The lowest BCUT2D eigenvalue weighted by atomic mass is 10.1. The maximum atomic E-state index is 10.7. The molecule has 0 saturated heterocycles. The summed E-state index contributed by atoms with van der Waals surface area (Å²) in [7, 11) is 0. The van der Waals surface area contributed by atoms with E-state index < -0.39 is 5.97 Å². The molecule has 0 amide bonds. The average Bonchev–Trinajstić information content (AvgIpc) is 2.27. The number of nitrogens with zero attached hydrogens (tertiary/aromatic N) is 2. The van der Waals surface area contributed by atoms with Gasteiger partial charge in [-0.05, 0) is 24.1 Å². The topological polar surface area (TPSA) is 63.1 Å². The van der Waals surface area contributed by atoms with Gasteiger partial charge in [0.05, 0.1) is 17.2 Å². The fourth-order valence-electron chi connectivity index (χ4n) is 1.38. The van der Waals surface area contributed by atoms with Crippen molar-refractivity contribution < 1.29 is 9.90 Å². The van der Waals surface area contributed by atoms with Crippen LogP contribution in [-0.2, 0) is 6.42 Å². The lowest BCUT2D eigenvalue weighted by Gasteiger charge is -2.00. The molecule has 4 nitrogen and oxygen atoms in total. The zero-order chi connectivity index (χ0) is 10.8. The summed E-state index contributed by atoms with van der Waals surface area (Å²) in [6.45, 7) is 2.04. The zero-order valence-corrected chi connectivity index (χ0v) is 8.27. The normalized spacial score (nSPS) is 10.5. The van der Waals surface area contributed by atoms with E-state index in [9.17, 15) is 4.79 Å². The molecule has 0 unspecified atom stereocenters. The van der Waals surface area contributed by atoms with Crippen molar-refractivity contribution in [3.8, 4) is 0 Å². The summed E-state index contributed by atoms with van der Waals surface area (Å²) >= 11 is 0. The van der Waals surface area contributed by atoms with Crippen LogP contribution in [0.15, 0.2) is 24.4 Å². The first kappa shape index (κ1) is 9.58. The van der Waals surface area contributed by atoms with Crippen LogP contribution in [0.3, 0.4) is 0 Å². The quantitative estimate of drug-likeness (QED) is 0.807. The van der Waals surface area contributed by atoms with Gasteiger partial charge in [0, 0.05) is 0 Å². The lowest BCUT2D eigenvalue weighted by molar-refractivity contribution is 0.0690. The van der Waals surface area contributed by atoms with Gasteiger partial charge >= 0.3 is 5.97 Å². The van der Waals surface area contributed by atoms with Crippen LogP contribution in [0, 0.1) is 0 Å². The first-order chi connectivity index (χ1) is 7.20. The van der Waals surface area contributed by atoms with E-state index in [1.54, 1.807) is 0 Å². The van der Waals surface area contributed by atoms with E-state index in [2.05, 4.69) is 9.97 Å². The number of carboxylic acids is 1. The van der Waals surface area contributed by atoms with Crippen LogP contribution in [0.2, 0.25) is 0 Å². The molecule has 1 aromatic carbocycles. The Morgan fingerprint density at radius 2 is 2.20 bits per heavy atom. The van der Waals surface area contributed by atoms with Crippen LogP contribution in [0.25, 0.3) is 11.0 Å². The fourth-order valence-corrected chi connectivity index (χ4v) is 1.38. The molecule has 4 heteroatoms. The number of aromatic nitrogens is 2. The van der Waals surface area contributed by atoms with Crippen LogP contribution < -0.4 is 0 Å². The monoisotopic (exact) mass is 202 g/mol. The molecule has 1 N–H and O–H groups in total. The van der Waals surface area contributed by atoms with E-state index in [0.29, 0.717) is 5.52 Å². The van der Waals surface area contributed by atoms with Crippen molar-refractivity contribution in [1.82, 2.24) is 9.97 Å². The Labute approximate surface area is 86.6 Å². The third kappa shape index (κ3) is 1.79. The molecule has 15 heavy (non-hydrogen) atoms. The summed E-state index contributed by atoms with van der Waals surface area (Å²) in [5.74, 6) is -1.05. The van der Waals surface area contributed by atoms with Gasteiger partial charge in [-0.15, -0.1) is 0 Å². The number of aromatic carboxylic acids is 1. The number of rotatable bonds is 2. The molecular weight excluding hydrogens is 192 g/mol. The van der Waals surface area contributed by atoms with Crippen molar-refractivity contribution in [2.45, 2.75) is 13.3 Å². The van der Waals surface area contributed by atoms with Gasteiger partial charge < -0.3 is 5.11 Å². The summed E-state index contributed by atoms with van der Waals surface area (Å²) in [4.78, 5) is 18.8. The summed E-state index contributed by atoms with van der Waals surface area (Å²) in [6.07, 6.45) is 2.17. The SMILES string of the molecule is CCc1ccc2ncc(C(=O)O)nc2c1. The molecule has 1 aromatic heterocycles. The number of aryl methyl sites for hydroxylation is 1. The smallest absolute Gasteiger partial charge is 0.356 e. The molecule has 2 rings (SSSR count). The molecule has 0 aliphatic carbocycles. The second-order valence-corrected chi connectivity index (χ2v) is 3.24. The molecule has 0 aliphatic heterocycles. The van der Waals surface area contributed by atoms with E-state index >= 15 is 0 Å². The highest BCUT2D eigenvalue weighted by Crippen LogP contribution is 2.12. The summed E-state index contributed by atoms with van der Waals surface area (Å²) in [5, 5.41) is 8.77. The van der Waals surface area contributed by atoms with Gasteiger partial charge in [-0.2, -0.15) is 0 Å². The minimum atomic E-state index is -1.05. The van der Waals surface area contributed by atoms with Gasteiger partial charge in [-0.1, -0.05) is 13.0 Å². The molecule has 1 heterocycles. The summed E-state index contributed by atoms with van der Waals surface area (Å²) in [5.41, 5.74) is 2.46.